The molecule has 2 fully saturated rings. The lowest BCUT2D eigenvalue weighted by molar-refractivity contribution is -0.142. The van der Waals surface area contributed by atoms with E-state index < -0.39 is 0 Å². The molecule has 2 saturated heterocycles. The number of amides is 1. The molecule has 0 bridgehead atoms. The normalized spacial score (nSPS) is 27.1. The van der Waals surface area contributed by atoms with Gasteiger partial charge in [-0.15, -0.1) is 0 Å². The second-order valence-corrected chi connectivity index (χ2v) is 4.52. The molecule has 0 aliphatic carbocycles. The van der Waals surface area contributed by atoms with Crippen molar-refractivity contribution in [3.8, 4) is 0 Å². The number of carbonyl (C=O) groups is 1. The van der Waals surface area contributed by atoms with E-state index in [-0.39, 0.29) is 18.6 Å². The topological polar surface area (TPSA) is 65.0 Å². The van der Waals surface area contributed by atoms with Crippen LogP contribution in [0.15, 0.2) is 0 Å². The van der Waals surface area contributed by atoms with Gasteiger partial charge in [0.2, 0.25) is 5.91 Å². The molecule has 17 heavy (non-hydrogen) atoms. The molecule has 6 heteroatoms. The zero-order valence-corrected chi connectivity index (χ0v) is 10.1. The third kappa shape index (κ3) is 3.38. The SMILES string of the molecule is O=C(CN1CCNCC1)N1CCOCC1CO. The molecule has 0 radical (unpaired) electrons. The van der Waals surface area contributed by atoms with Gasteiger partial charge >= 0.3 is 0 Å². The summed E-state index contributed by atoms with van der Waals surface area (Å²) in [5.74, 6) is 0.106. The predicted octanol–water partition coefficient (Wildman–Crippen LogP) is -1.89. The van der Waals surface area contributed by atoms with E-state index in [1.807, 2.05) is 0 Å². The Morgan fingerprint density at radius 3 is 2.82 bits per heavy atom. The zero-order chi connectivity index (χ0) is 12.1. The molecule has 98 valence electrons. The Morgan fingerprint density at radius 1 is 1.35 bits per heavy atom. The Hall–Kier alpha value is -0.690. The summed E-state index contributed by atoms with van der Waals surface area (Å²) >= 11 is 0. The smallest absolute Gasteiger partial charge is 0.237 e. The van der Waals surface area contributed by atoms with Crippen LogP contribution >= 0.6 is 0 Å². The quantitative estimate of drug-likeness (QED) is 0.607. The van der Waals surface area contributed by atoms with Gasteiger partial charge in [0.25, 0.3) is 0 Å². The van der Waals surface area contributed by atoms with Crippen LogP contribution in [-0.2, 0) is 9.53 Å². The standard InChI is InChI=1S/C11H21N3O3/c15-8-10-9-17-6-5-14(10)11(16)7-13-3-1-12-2-4-13/h10,12,15H,1-9H2. The van der Waals surface area contributed by atoms with Crippen LogP contribution in [-0.4, -0.2) is 85.9 Å². The van der Waals surface area contributed by atoms with E-state index in [9.17, 15) is 9.90 Å². The van der Waals surface area contributed by atoms with E-state index in [2.05, 4.69) is 10.2 Å². The molecule has 1 unspecified atom stereocenters. The van der Waals surface area contributed by atoms with E-state index in [1.165, 1.54) is 0 Å². The summed E-state index contributed by atoms with van der Waals surface area (Å²) in [5.41, 5.74) is 0. The maximum absolute atomic E-state index is 12.1. The summed E-state index contributed by atoms with van der Waals surface area (Å²) in [4.78, 5) is 16.0. The number of nitrogens with zero attached hydrogens (tertiary/aromatic N) is 2. The first-order valence-corrected chi connectivity index (χ1v) is 6.22. The van der Waals surface area contributed by atoms with E-state index in [0.717, 1.165) is 26.2 Å². The fraction of sp³-hybridized carbons (Fsp3) is 0.909. The van der Waals surface area contributed by atoms with Crippen molar-refractivity contribution in [1.29, 1.82) is 0 Å². The highest BCUT2D eigenvalue weighted by molar-refractivity contribution is 5.78. The minimum absolute atomic E-state index is 0.0205. The number of aliphatic hydroxyl groups excluding tert-OH is 1. The molecular weight excluding hydrogens is 222 g/mol. The van der Waals surface area contributed by atoms with Crippen molar-refractivity contribution < 1.29 is 14.6 Å². The molecule has 0 saturated carbocycles. The average Bonchev–Trinajstić information content (AvgIpc) is 2.40. The molecule has 0 aromatic rings. The van der Waals surface area contributed by atoms with E-state index in [0.29, 0.717) is 26.3 Å². The molecule has 2 aliphatic heterocycles. The number of piperazine rings is 1. The highest BCUT2D eigenvalue weighted by atomic mass is 16.5. The van der Waals surface area contributed by atoms with Crippen molar-refractivity contribution in [3.63, 3.8) is 0 Å². The van der Waals surface area contributed by atoms with Crippen LogP contribution in [0.25, 0.3) is 0 Å². The third-order valence-electron chi connectivity index (χ3n) is 3.33. The monoisotopic (exact) mass is 243 g/mol. The fourth-order valence-electron chi connectivity index (χ4n) is 2.29. The summed E-state index contributed by atoms with van der Waals surface area (Å²) in [6, 6.07) is -0.167. The Kier molecular flexibility index (Phi) is 4.73. The first kappa shape index (κ1) is 12.8. The second kappa shape index (κ2) is 6.30. The third-order valence-corrected chi connectivity index (χ3v) is 3.33. The number of ether oxygens (including phenoxy) is 1. The van der Waals surface area contributed by atoms with Crippen molar-refractivity contribution >= 4 is 5.91 Å². The second-order valence-electron chi connectivity index (χ2n) is 4.52. The van der Waals surface area contributed by atoms with Crippen LogP contribution in [0.5, 0.6) is 0 Å². The van der Waals surface area contributed by atoms with Crippen LogP contribution in [0, 0.1) is 0 Å². The lowest BCUT2D eigenvalue weighted by atomic mass is 10.2. The number of aliphatic hydroxyl groups is 1. The Morgan fingerprint density at radius 2 is 2.12 bits per heavy atom. The first-order chi connectivity index (χ1) is 8.31. The van der Waals surface area contributed by atoms with Gasteiger partial charge in [0.1, 0.15) is 0 Å². The van der Waals surface area contributed by atoms with Gasteiger partial charge in [-0.05, 0) is 0 Å². The maximum Gasteiger partial charge on any atom is 0.237 e. The van der Waals surface area contributed by atoms with Gasteiger partial charge < -0.3 is 20.1 Å². The van der Waals surface area contributed by atoms with Crippen LogP contribution < -0.4 is 5.32 Å². The van der Waals surface area contributed by atoms with E-state index in [4.69, 9.17) is 4.74 Å². The molecule has 2 N–H and O–H groups in total. The number of hydrogen-bond acceptors (Lipinski definition) is 5. The Labute approximate surface area is 102 Å². The van der Waals surface area contributed by atoms with Crippen molar-refractivity contribution in [1.82, 2.24) is 15.1 Å². The van der Waals surface area contributed by atoms with Crippen LogP contribution in [0.2, 0.25) is 0 Å². The van der Waals surface area contributed by atoms with Crippen LogP contribution in [0.3, 0.4) is 0 Å². The van der Waals surface area contributed by atoms with E-state index >= 15 is 0 Å². The highest BCUT2D eigenvalue weighted by Crippen LogP contribution is 2.07. The number of morpholine rings is 1. The minimum Gasteiger partial charge on any atom is -0.394 e. The lowest BCUT2D eigenvalue weighted by Gasteiger charge is -2.36. The largest absolute Gasteiger partial charge is 0.394 e. The van der Waals surface area contributed by atoms with Gasteiger partial charge in [-0.2, -0.15) is 0 Å². The van der Waals surface area contributed by atoms with Gasteiger partial charge in [0.05, 0.1) is 32.4 Å². The summed E-state index contributed by atoms with van der Waals surface area (Å²) in [5, 5.41) is 12.5. The van der Waals surface area contributed by atoms with Gasteiger partial charge in [0, 0.05) is 32.7 Å². The Bertz CT molecular complexity index is 256. The molecule has 2 rings (SSSR count). The zero-order valence-electron chi connectivity index (χ0n) is 10.1. The highest BCUT2D eigenvalue weighted by Gasteiger charge is 2.27. The molecule has 0 aromatic heterocycles. The van der Waals surface area contributed by atoms with E-state index in [1.54, 1.807) is 4.90 Å². The molecule has 2 heterocycles. The van der Waals surface area contributed by atoms with Crippen LogP contribution in [0.4, 0.5) is 0 Å². The molecule has 2 aliphatic rings. The molecule has 6 nitrogen and oxygen atoms in total. The maximum atomic E-state index is 12.1. The number of rotatable bonds is 3. The number of nitrogens with one attached hydrogen (secondary N) is 1. The Balaban J connectivity index is 1.84. The number of hydrogen-bond donors (Lipinski definition) is 2. The average molecular weight is 243 g/mol. The van der Waals surface area contributed by atoms with Crippen molar-refractivity contribution in [2.24, 2.45) is 0 Å². The molecule has 0 spiro atoms. The summed E-state index contributed by atoms with van der Waals surface area (Å²) in [7, 11) is 0. The first-order valence-electron chi connectivity index (χ1n) is 6.22. The van der Waals surface area contributed by atoms with Crippen molar-refractivity contribution in [2.75, 3.05) is 59.1 Å². The minimum atomic E-state index is -0.167. The van der Waals surface area contributed by atoms with Gasteiger partial charge in [-0.3, -0.25) is 9.69 Å². The summed E-state index contributed by atoms with van der Waals surface area (Å²) in [6.07, 6.45) is 0. The predicted molar refractivity (Wildman–Crippen MR) is 62.7 cm³/mol. The van der Waals surface area contributed by atoms with Crippen molar-refractivity contribution in [3.05, 3.63) is 0 Å². The van der Waals surface area contributed by atoms with Gasteiger partial charge in [0.15, 0.2) is 0 Å². The van der Waals surface area contributed by atoms with Gasteiger partial charge in [-0.1, -0.05) is 0 Å². The summed E-state index contributed by atoms with van der Waals surface area (Å²) < 4.78 is 5.27. The van der Waals surface area contributed by atoms with Gasteiger partial charge in [-0.25, -0.2) is 0 Å². The van der Waals surface area contributed by atoms with Crippen molar-refractivity contribution in [2.45, 2.75) is 6.04 Å². The fourth-order valence-corrected chi connectivity index (χ4v) is 2.29. The molecule has 1 atom stereocenters. The molecule has 1 amide bonds. The summed E-state index contributed by atoms with van der Waals surface area (Å²) in [6.45, 7) is 5.77. The molecule has 0 aromatic carbocycles. The lowest BCUT2D eigenvalue weighted by Crippen LogP contribution is -2.55. The van der Waals surface area contributed by atoms with Crippen LogP contribution in [0.1, 0.15) is 0 Å². The number of carbonyl (C=O) groups excluding carboxylic acids is 1. The molecular formula is C11H21N3O3.